The third-order valence-corrected chi connectivity index (χ3v) is 14.5. The van der Waals surface area contributed by atoms with Gasteiger partial charge in [-0.2, -0.15) is 0 Å². The molecule has 0 fully saturated rings. The summed E-state index contributed by atoms with van der Waals surface area (Å²) in [5.41, 5.74) is 18.3. The SMILES string of the molecule is CC1(C)c2cc3c(cc2-c2c(N(c4ccc(-c5ccccc5)cc4)c4cccc(C5(c6ccccc6)c6ccccc6-c6ccccc65)c4)cccc21)sc1ccccc13. The van der Waals surface area contributed by atoms with Crippen LogP contribution in [0.1, 0.15) is 47.2 Å². The monoisotopic (exact) mass is 783 g/mol. The van der Waals surface area contributed by atoms with Crippen molar-refractivity contribution in [2.75, 3.05) is 4.90 Å². The lowest BCUT2D eigenvalue weighted by atomic mass is 9.67. The van der Waals surface area contributed by atoms with Gasteiger partial charge in [0.1, 0.15) is 0 Å². The molecule has 2 aliphatic rings. The molecule has 9 aromatic carbocycles. The molecule has 0 atom stereocenters. The summed E-state index contributed by atoms with van der Waals surface area (Å²) in [6, 6.07) is 79.2. The number of benzene rings is 9. The van der Waals surface area contributed by atoms with Crippen LogP contribution in [-0.4, -0.2) is 0 Å². The molecule has 2 heteroatoms. The molecule has 60 heavy (non-hydrogen) atoms. The molecule has 0 saturated carbocycles. The van der Waals surface area contributed by atoms with Gasteiger partial charge < -0.3 is 4.90 Å². The lowest BCUT2D eigenvalue weighted by Gasteiger charge is -2.35. The Kier molecular flexibility index (Phi) is 7.73. The van der Waals surface area contributed by atoms with Crippen molar-refractivity contribution >= 4 is 48.6 Å². The van der Waals surface area contributed by atoms with Gasteiger partial charge in [-0.1, -0.05) is 178 Å². The molecule has 0 aliphatic heterocycles. The van der Waals surface area contributed by atoms with Crippen molar-refractivity contribution < 1.29 is 0 Å². The van der Waals surface area contributed by atoms with Gasteiger partial charge in [-0.05, 0) is 110 Å². The summed E-state index contributed by atoms with van der Waals surface area (Å²) in [7, 11) is 0. The number of anilines is 3. The van der Waals surface area contributed by atoms with Gasteiger partial charge in [0.25, 0.3) is 0 Å². The maximum absolute atomic E-state index is 2.52. The quantitative estimate of drug-likeness (QED) is 0.162. The number of hydrogen-bond donors (Lipinski definition) is 0. The Balaban J connectivity index is 1.12. The summed E-state index contributed by atoms with van der Waals surface area (Å²) in [5, 5.41) is 2.69. The van der Waals surface area contributed by atoms with Crippen molar-refractivity contribution in [3.63, 3.8) is 0 Å². The normalized spacial score (nSPS) is 14.1. The number of nitrogens with zero attached hydrogens (tertiary/aromatic N) is 1. The van der Waals surface area contributed by atoms with Crippen LogP contribution in [-0.2, 0) is 10.8 Å². The maximum Gasteiger partial charge on any atom is 0.0714 e. The molecule has 0 bridgehead atoms. The molecule has 1 heterocycles. The fraction of sp³-hybridized carbons (Fsp3) is 0.0690. The van der Waals surface area contributed by atoms with E-state index in [1.54, 1.807) is 0 Å². The summed E-state index contributed by atoms with van der Waals surface area (Å²) < 4.78 is 2.67. The van der Waals surface area contributed by atoms with Gasteiger partial charge in [0, 0.05) is 42.5 Å². The number of thiophene rings is 1. The third kappa shape index (κ3) is 4.98. The Morgan fingerprint density at radius 1 is 0.383 bits per heavy atom. The predicted molar refractivity (Wildman–Crippen MR) is 254 cm³/mol. The highest BCUT2D eigenvalue weighted by Crippen LogP contribution is 2.59. The van der Waals surface area contributed by atoms with Crippen molar-refractivity contribution in [2.24, 2.45) is 0 Å². The van der Waals surface area contributed by atoms with Crippen LogP contribution in [0.5, 0.6) is 0 Å². The Hall–Kier alpha value is -7.00. The Morgan fingerprint density at radius 3 is 1.73 bits per heavy atom. The highest BCUT2D eigenvalue weighted by molar-refractivity contribution is 7.25. The molecule has 1 nitrogen and oxygen atoms in total. The standard InChI is InChI=1S/C58H41NS/c1-57(2)51-28-16-29-53(56(51)48-37-55-47(36-52(48)57)46-25-11-14-30-54(46)60-55)59(42-33-31-39(32-34-42)38-17-5-3-6-18-38)43-22-15-21-41(35-43)58(40-19-7-4-8-20-40)49-26-12-9-23-44(49)45-24-10-13-27-50(45)58/h3-37H,1-2H3. The van der Waals surface area contributed by atoms with E-state index in [9.17, 15) is 0 Å². The number of rotatable bonds is 6. The number of hydrogen-bond acceptors (Lipinski definition) is 2. The van der Waals surface area contributed by atoms with Gasteiger partial charge in [-0.15, -0.1) is 11.3 Å². The molecule has 2 aliphatic carbocycles. The first kappa shape index (κ1) is 35.0. The molecule has 0 radical (unpaired) electrons. The molecule has 0 unspecified atom stereocenters. The van der Waals surface area contributed by atoms with Crippen molar-refractivity contribution in [3.05, 3.63) is 246 Å². The van der Waals surface area contributed by atoms with Gasteiger partial charge in [0.2, 0.25) is 0 Å². The summed E-state index contributed by atoms with van der Waals surface area (Å²) in [6.45, 7) is 4.81. The molecule has 0 N–H and O–H groups in total. The zero-order valence-electron chi connectivity index (χ0n) is 33.6. The molecule has 12 rings (SSSR count). The van der Waals surface area contributed by atoms with Crippen LogP contribution in [0.2, 0.25) is 0 Å². The van der Waals surface area contributed by atoms with E-state index in [1.807, 2.05) is 11.3 Å². The molecular formula is C58H41NS. The van der Waals surface area contributed by atoms with Crippen LogP contribution >= 0.6 is 11.3 Å². The molecule has 1 aromatic heterocycles. The second-order valence-electron chi connectivity index (χ2n) is 16.8. The fourth-order valence-electron chi connectivity index (χ4n) is 10.6. The summed E-state index contributed by atoms with van der Waals surface area (Å²) in [5.74, 6) is 0. The summed E-state index contributed by atoms with van der Waals surface area (Å²) in [6.07, 6.45) is 0. The average molecular weight is 784 g/mol. The van der Waals surface area contributed by atoms with Crippen LogP contribution in [0.15, 0.2) is 212 Å². The van der Waals surface area contributed by atoms with E-state index in [1.165, 1.54) is 92.6 Å². The molecule has 0 spiro atoms. The molecule has 284 valence electrons. The van der Waals surface area contributed by atoms with Gasteiger partial charge in [0.05, 0.1) is 11.1 Å². The Labute approximate surface area is 355 Å². The van der Waals surface area contributed by atoms with Gasteiger partial charge in [0.15, 0.2) is 0 Å². The fourth-order valence-corrected chi connectivity index (χ4v) is 11.7. The minimum absolute atomic E-state index is 0.183. The number of fused-ring (bicyclic) bond motifs is 9. The highest BCUT2D eigenvalue weighted by Gasteiger charge is 2.46. The van der Waals surface area contributed by atoms with E-state index < -0.39 is 5.41 Å². The van der Waals surface area contributed by atoms with Crippen LogP contribution in [0, 0.1) is 0 Å². The third-order valence-electron chi connectivity index (χ3n) is 13.3. The minimum atomic E-state index is -0.507. The predicted octanol–water partition coefficient (Wildman–Crippen LogP) is 15.9. The Morgan fingerprint density at radius 2 is 0.983 bits per heavy atom. The zero-order chi connectivity index (χ0) is 40.0. The van der Waals surface area contributed by atoms with E-state index in [0.717, 1.165) is 11.4 Å². The topological polar surface area (TPSA) is 3.24 Å². The van der Waals surface area contributed by atoms with Crippen LogP contribution in [0.3, 0.4) is 0 Å². The second kappa shape index (κ2) is 13.3. The van der Waals surface area contributed by atoms with Crippen LogP contribution < -0.4 is 4.90 Å². The van der Waals surface area contributed by atoms with Gasteiger partial charge >= 0.3 is 0 Å². The molecule has 0 amide bonds. The first-order valence-corrected chi connectivity index (χ1v) is 21.7. The van der Waals surface area contributed by atoms with Crippen LogP contribution in [0.25, 0.3) is 53.6 Å². The lowest BCUT2D eigenvalue weighted by molar-refractivity contribution is 0.661. The molecular weight excluding hydrogens is 743 g/mol. The van der Waals surface area contributed by atoms with Gasteiger partial charge in [-0.25, -0.2) is 0 Å². The lowest BCUT2D eigenvalue weighted by Crippen LogP contribution is -2.28. The van der Waals surface area contributed by atoms with E-state index in [-0.39, 0.29) is 5.41 Å². The van der Waals surface area contributed by atoms with Crippen molar-refractivity contribution in [3.8, 4) is 33.4 Å². The van der Waals surface area contributed by atoms with Crippen molar-refractivity contribution in [1.82, 2.24) is 0 Å². The molecule has 0 saturated heterocycles. The van der Waals surface area contributed by atoms with Gasteiger partial charge in [-0.3, -0.25) is 0 Å². The molecule has 10 aromatic rings. The average Bonchev–Trinajstić information content (AvgIpc) is 3.90. The largest absolute Gasteiger partial charge is 0.310 e. The first-order chi connectivity index (χ1) is 29.5. The Bertz CT molecular complexity index is 3240. The highest BCUT2D eigenvalue weighted by atomic mass is 32.1. The summed E-state index contributed by atoms with van der Waals surface area (Å²) >= 11 is 1.90. The van der Waals surface area contributed by atoms with E-state index in [0.29, 0.717) is 0 Å². The summed E-state index contributed by atoms with van der Waals surface area (Å²) in [4.78, 5) is 2.52. The van der Waals surface area contributed by atoms with E-state index in [4.69, 9.17) is 0 Å². The maximum atomic E-state index is 2.52. The van der Waals surface area contributed by atoms with Crippen LogP contribution in [0.4, 0.5) is 17.1 Å². The first-order valence-electron chi connectivity index (χ1n) is 20.9. The van der Waals surface area contributed by atoms with Crippen molar-refractivity contribution in [2.45, 2.75) is 24.7 Å². The minimum Gasteiger partial charge on any atom is -0.310 e. The van der Waals surface area contributed by atoms with E-state index >= 15 is 0 Å². The van der Waals surface area contributed by atoms with Crippen molar-refractivity contribution in [1.29, 1.82) is 0 Å². The smallest absolute Gasteiger partial charge is 0.0714 e. The van der Waals surface area contributed by atoms with E-state index in [2.05, 4.69) is 231 Å². The second-order valence-corrected chi connectivity index (χ2v) is 17.9. The zero-order valence-corrected chi connectivity index (χ0v) is 34.4.